The second-order valence-corrected chi connectivity index (χ2v) is 4.45. The van der Waals surface area contributed by atoms with Gasteiger partial charge in [0, 0.05) is 25.0 Å². The average molecular weight is 310 g/mol. The Morgan fingerprint density at radius 3 is 2.59 bits per heavy atom. The predicted octanol–water partition coefficient (Wildman–Crippen LogP) is 1.82. The second-order valence-electron chi connectivity index (χ2n) is 4.45. The van der Waals surface area contributed by atoms with Gasteiger partial charge < -0.3 is 14.8 Å². The number of nitro benzene ring substituents is 1. The molecule has 0 unspecified atom stereocenters. The standard InChI is InChI=1S/C14H18N2O6/c1-3-21-14(18)15-12(9-22-10(2)17)8-11-6-4-5-7-13(11)16(19)20/h4-7,12H,3,8-9H2,1-2H3,(H,15,18)/t12-/m0/s1. The van der Waals surface area contributed by atoms with Gasteiger partial charge in [-0.3, -0.25) is 14.9 Å². The highest BCUT2D eigenvalue weighted by molar-refractivity contribution is 5.68. The number of alkyl carbamates (subject to hydrolysis) is 1. The zero-order valence-corrected chi connectivity index (χ0v) is 12.4. The van der Waals surface area contributed by atoms with Crippen LogP contribution in [0.2, 0.25) is 0 Å². The summed E-state index contributed by atoms with van der Waals surface area (Å²) in [6, 6.07) is 5.56. The Labute approximate surface area is 127 Å². The van der Waals surface area contributed by atoms with Crippen molar-refractivity contribution in [1.29, 1.82) is 0 Å². The van der Waals surface area contributed by atoms with E-state index in [0.29, 0.717) is 5.56 Å². The molecule has 0 radical (unpaired) electrons. The summed E-state index contributed by atoms with van der Waals surface area (Å²) in [7, 11) is 0. The fraction of sp³-hybridized carbons (Fsp3) is 0.429. The molecule has 8 nitrogen and oxygen atoms in total. The van der Waals surface area contributed by atoms with Gasteiger partial charge in [0.1, 0.15) is 6.61 Å². The molecule has 0 aliphatic rings. The quantitative estimate of drug-likeness (QED) is 0.467. The van der Waals surface area contributed by atoms with Crippen molar-refractivity contribution in [3.05, 3.63) is 39.9 Å². The zero-order chi connectivity index (χ0) is 16.5. The summed E-state index contributed by atoms with van der Waals surface area (Å²) in [6.45, 7) is 2.99. The minimum atomic E-state index is -0.668. The van der Waals surface area contributed by atoms with Gasteiger partial charge in [-0.2, -0.15) is 0 Å². The van der Waals surface area contributed by atoms with E-state index in [4.69, 9.17) is 9.47 Å². The van der Waals surface area contributed by atoms with Crippen LogP contribution in [0.5, 0.6) is 0 Å². The summed E-state index contributed by atoms with van der Waals surface area (Å²) in [4.78, 5) is 32.9. The van der Waals surface area contributed by atoms with Gasteiger partial charge in [-0.1, -0.05) is 18.2 Å². The molecule has 1 N–H and O–H groups in total. The summed E-state index contributed by atoms with van der Waals surface area (Å²) < 4.78 is 9.65. The van der Waals surface area contributed by atoms with Crippen LogP contribution in [0, 0.1) is 10.1 Å². The first-order chi connectivity index (χ1) is 10.4. The molecular weight excluding hydrogens is 292 g/mol. The van der Waals surface area contributed by atoms with Crippen molar-refractivity contribution in [2.45, 2.75) is 26.3 Å². The third-order valence-corrected chi connectivity index (χ3v) is 2.74. The molecule has 0 aliphatic heterocycles. The third kappa shape index (κ3) is 5.78. The number of ether oxygens (including phenoxy) is 2. The van der Waals surface area contributed by atoms with Crippen molar-refractivity contribution < 1.29 is 24.0 Å². The molecule has 1 aromatic carbocycles. The van der Waals surface area contributed by atoms with E-state index in [0.717, 1.165) is 0 Å². The normalized spacial score (nSPS) is 11.4. The van der Waals surface area contributed by atoms with E-state index in [2.05, 4.69) is 5.32 Å². The molecule has 1 amide bonds. The summed E-state index contributed by atoms with van der Waals surface area (Å²) in [5.41, 5.74) is 0.377. The Balaban J connectivity index is 2.85. The molecule has 0 saturated heterocycles. The van der Waals surface area contributed by atoms with Gasteiger partial charge in [-0.15, -0.1) is 0 Å². The maximum absolute atomic E-state index is 11.5. The van der Waals surface area contributed by atoms with Crippen LogP contribution < -0.4 is 5.32 Å². The number of nitrogens with one attached hydrogen (secondary N) is 1. The fourth-order valence-electron chi connectivity index (χ4n) is 1.84. The van der Waals surface area contributed by atoms with Crippen molar-refractivity contribution in [3.63, 3.8) is 0 Å². The molecular formula is C14H18N2O6. The smallest absolute Gasteiger partial charge is 0.407 e. The third-order valence-electron chi connectivity index (χ3n) is 2.74. The van der Waals surface area contributed by atoms with Crippen molar-refractivity contribution in [2.75, 3.05) is 13.2 Å². The van der Waals surface area contributed by atoms with Crippen LogP contribution in [0.1, 0.15) is 19.4 Å². The van der Waals surface area contributed by atoms with E-state index < -0.39 is 23.0 Å². The Morgan fingerprint density at radius 2 is 2.00 bits per heavy atom. The van der Waals surface area contributed by atoms with Crippen molar-refractivity contribution >= 4 is 17.7 Å². The van der Waals surface area contributed by atoms with Crippen LogP contribution in [0.4, 0.5) is 10.5 Å². The van der Waals surface area contributed by atoms with Crippen molar-refractivity contribution in [3.8, 4) is 0 Å². The number of amides is 1. The lowest BCUT2D eigenvalue weighted by Gasteiger charge is -2.18. The van der Waals surface area contributed by atoms with Crippen LogP contribution >= 0.6 is 0 Å². The maximum atomic E-state index is 11.5. The molecule has 0 aromatic heterocycles. The Hall–Kier alpha value is -2.64. The predicted molar refractivity (Wildman–Crippen MR) is 77.4 cm³/mol. The molecule has 0 aliphatic carbocycles. The molecule has 0 fully saturated rings. The maximum Gasteiger partial charge on any atom is 0.407 e. The molecule has 1 atom stereocenters. The highest BCUT2D eigenvalue weighted by Crippen LogP contribution is 2.19. The first kappa shape index (κ1) is 17.4. The molecule has 120 valence electrons. The van der Waals surface area contributed by atoms with E-state index in [-0.39, 0.29) is 25.3 Å². The minimum Gasteiger partial charge on any atom is -0.464 e. The largest absolute Gasteiger partial charge is 0.464 e. The number of benzene rings is 1. The van der Waals surface area contributed by atoms with Gasteiger partial charge in [-0.05, 0) is 6.92 Å². The second kappa shape index (κ2) is 8.60. The number of carbonyl (C=O) groups is 2. The molecule has 1 aromatic rings. The SMILES string of the molecule is CCOC(=O)N[C@H](COC(C)=O)Cc1ccccc1[N+](=O)[O-]. The molecule has 0 saturated carbocycles. The van der Waals surface area contributed by atoms with Gasteiger partial charge in [0.15, 0.2) is 0 Å². The number of hydrogen-bond acceptors (Lipinski definition) is 6. The van der Waals surface area contributed by atoms with E-state index in [1.807, 2.05) is 0 Å². The first-order valence-corrected chi connectivity index (χ1v) is 6.73. The summed E-state index contributed by atoms with van der Waals surface area (Å²) >= 11 is 0. The molecule has 0 bridgehead atoms. The first-order valence-electron chi connectivity index (χ1n) is 6.73. The number of nitrogens with zero attached hydrogens (tertiary/aromatic N) is 1. The van der Waals surface area contributed by atoms with Crippen LogP contribution in [0.15, 0.2) is 24.3 Å². The van der Waals surface area contributed by atoms with Gasteiger partial charge in [0.2, 0.25) is 0 Å². The van der Waals surface area contributed by atoms with E-state index in [1.54, 1.807) is 25.1 Å². The number of rotatable bonds is 7. The van der Waals surface area contributed by atoms with Crippen LogP contribution in [0.25, 0.3) is 0 Å². The Bertz CT molecular complexity index is 546. The van der Waals surface area contributed by atoms with E-state index in [1.165, 1.54) is 13.0 Å². The summed E-state index contributed by atoms with van der Waals surface area (Å²) in [5.74, 6) is -0.502. The van der Waals surface area contributed by atoms with Crippen LogP contribution in [-0.4, -0.2) is 36.2 Å². The lowest BCUT2D eigenvalue weighted by molar-refractivity contribution is -0.385. The lowest BCUT2D eigenvalue weighted by Crippen LogP contribution is -2.40. The van der Waals surface area contributed by atoms with Crippen molar-refractivity contribution in [1.82, 2.24) is 5.32 Å². The summed E-state index contributed by atoms with van der Waals surface area (Å²) in [5, 5.41) is 13.5. The average Bonchev–Trinajstić information content (AvgIpc) is 2.45. The molecule has 0 heterocycles. The number of carbonyl (C=O) groups excluding carboxylic acids is 2. The highest BCUT2D eigenvalue weighted by Gasteiger charge is 2.20. The number of esters is 1. The molecule has 0 spiro atoms. The summed E-state index contributed by atoms with van der Waals surface area (Å²) in [6.07, 6.45) is -0.526. The van der Waals surface area contributed by atoms with Gasteiger partial charge in [-0.25, -0.2) is 4.79 Å². The number of nitro groups is 1. The number of hydrogen-bond donors (Lipinski definition) is 1. The lowest BCUT2D eigenvalue weighted by atomic mass is 10.0. The fourth-order valence-corrected chi connectivity index (χ4v) is 1.84. The van der Waals surface area contributed by atoms with Gasteiger partial charge >= 0.3 is 12.1 Å². The van der Waals surface area contributed by atoms with Gasteiger partial charge in [0.25, 0.3) is 5.69 Å². The minimum absolute atomic E-state index is 0.0546. The van der Waals surface area contributed by atoms with Crippen LogP contribution in [-0.2, 0) is 20.7 Å². The monoisotopic (exact) mass is 310 g/mol. The number of para-hydroxylation sites is 1. The van der Waals surface area contributed by atoms with Gasteiger partial charge in [0.05, 0.1) is 17.6 Å². The zero-order valence-electron chi connectivity index (χ0n) is 12.4. The highest BCUT2D eigenvalue weighted by atomic mass is 16.6. The Morgan fingerprint density at radius 1 is 1.32 bits per heavy atom. The molecule has 22 heavy (non-hydrogen) atoms. The topological polar surface area (TPSA) is 108 Å². The van der Waals surface area contributed by atoms with E-state index in [9.17, 15) is 19.7 Å². The van der Waals surface area contributed by atoms with Crippen molar-refractivity contribution in [2.24, 2.45) is 0 Å². The Kier molecular flexibility index (Phi) is 6.81. The van der Waals surface area contributed by atoms with E-state index >= 15 is 0 Å². The molecule has 8 heteroatoms. The molecule has 1 rings (SSSR count). The van der Waals surface area contributed by atoms with Crippen LogP contribution in [0.3, 0.4) is 0 Å².